The fourth-order valence-corrected chi connectivity index (χ4v) is 3.05. The smallest absolute Gasteiger partial charge is 0.234 e. The minimum atomic E-state index is -0.459. The molecule has 0 fully saturated rings. The summed E-state index contributed by atoms with van der Waals surface area (Å²) >= 11 is 0. The molecule has 1 amide bonds. The van der Waals surface area contributed by atoms with Crippen molar-refractivity contribution in [2.24, 2.45) is 5.73 Å². The zero-order valence-corrected chi connectivity index (χ0v) is 17.2. The second kappa shape index (κ2) is 10.2. The molecule has 1 aromatic heterocycles. The third-order valence-corrected chi connectivity index (χ3v) is 4.72. The van der Waals surface area contributed by atoms with Gasteiger partial charge in [-0.2, -0.15) is 0 Å². The number of carbonyl (C=O) groups excluding carboxylic acids is 1. The number of nitrogens with one attached hydrogen (secondary N) is 1. The van der Waals surface area contributed by atoms with E-state index < -0.39 is 11.9 Å². The molecular formula is C22H27FN4O3. The van der Waals surface area contributed by atoms with Crippen molar-refractivity contribution in [1.82, 2.24) is 14.9 Å². The van der Waals surface area contributed by atoms with Gasteiger partial charge in [0.15, 0.2) is 0 Å². The Morgan fingerprint density at radius 2 is 1.97 bits per heavy atom. The number of benzene rings is 2. The van der Waals surface area contributed by atoms with E-state index in [1.165, 1.54) is 12.1 Å². The third-order valence-electron chi connectivity index (χ3n) is 4.72. The van der Waals surface area contributed by atoms with Gasteiger partial charge in [0, 0.05) is 25.8 Å². The Bertz CT molecular complexity index is 988. The number of hydrogen-bond acceptors (Lipinski definition) is 5. The molecule has 1 heterocycles. The molecule has 0 radical (unpaired) electrons. The first kappa shape index (κ1) is 21.7. The van der Waals surface area contributed by atoms with Crippen molar-refractivity contribution in [2.45, 2.75) is 39.4 Å². The number of halogens is 1. The highest BCUT2D eigenvalue weighted by molar-refractivity contribution is 5.79. The van der Waals surface area contributed by atoms with Gasteiger partial charge in [-0.05, 0) is 56.7 Å². The number of carbonyl (C=O) groups is 1. The van der Waals surface area contributed by atoms with Crippen molar-refractivity contribution < 1.29 is 18.7 Å². The van der Waals surface area contributed by atoms with Gasteiger partial charge in [-0.25, -0.2) is 9.37 Å². The van der Waals surface area contributed by atoms with Gasteiger partial charge in [-0.15, -0.1) is 0 Å². The fraction of sp³-hybridized carbons (Fsp3) is 0.364. The average molecular weight is 414 g/mol. The van der Waals surface area contributed by atoms with Crippen LogP contribution in [0, 0.1) is 5.82 Å². The lowest BCUT2D eigenvalue weighted by atomic mass is 10.3. The molecule has 0 saturated carbocycles. The fourth-order valence-electron chi connectivity index (χ4n) is 3.05. The highest BCUT2D eigenvalue weighted by Gasteiger charge is 2.14. The second-order valence-electron chi connectivity index (χ2n) is 6.94. The van der Waals surface area contributed by atoms with Crippen LogP contribution < -0.4 is 15.8 Å². The molecule has 0 aliphatic carbocycles. The van der Waals surface area contributed by atoms with Crippen LogP contribution in [0.15, 0.2) is 42.5 Å². The average Bonchev–Trinajstić information content (AvgIpc) is 3.08. The summed E-state index contributed by atoms with van der Waals surface area (Å²) in [6.45, 7) is 6.11. The molecule has 0 bridgehead atoms. The molecule has 7 nitrogen and oxygen atoms in total. The number of imidazole rings is 1. The number of primary amides is 1. The molecule has 2 aromatic carbocycles. The standard InChI is InChI=1S/C22H27FN4O3/c1-3-29-12-4-11-27-20-13-18(30-17-7-5-16(23)6-8-17)9-10-19(20)26-21(27)14-25-15(2)22(24)28/h5-10,13,15,25H,3-4,11-12,14H2,1-2H3,(H2,24,28)/t15-/m0/s1. The van der Waals surface area contributed by atoms with Gasteiger partial charge >= 0.3 is 0 Å². The summed E-state index contributed by atoms with van der Waals surface area (Å²) in [5.74, 6) is 1.26. The van der Waals surface area contributed by atoms with Gasteiger partial charge in [0.25, 0.3) is 0 Å². The molecule has 3 rings (SSSR count). The Kier molecular flexibility index (Phi) is 7.37. The first-order valence-corrected chi connectivity index (χ1v) is 10.0. The van der Waals surface area contributed by atoms with E-state index in [-0.39, 0.29) is 5.82 Å². The van der Waals surface area contributed by atoms with Crippen LogP contribution in [0.2, 0.25) is 0 Å². The number of fused-ring (bicyclic) bond motifs is 1. The monoisotopic (exact) mass is 414 g/mol. The predicted molar refractivity (Wildman–Crippen MR) is 113 cm³/mol. The van der Waals surface area contributed by atoms with Gasteiger partial charge in [-0.1, -0.05) is 0 Å². The topological polar surface area (TPSA) is 91.4 Å². The number of hydrogen-bond donors (Lipinski definition) is 2. The molecule has 160 valence electrons. The van der Waals surface area contributed by atoms with Gasteiger partial charge in [0.1, 0.15) is 23.1 Å². The summed E-state index contributed by atoms with van der Waals surface area (Å²) in [4.78, 5) is 16.0. The zero-order chi connectivity index (χ0) is 21.5. The van der Waals surface area contributed by atoms with Gasteiger partial charge in [0.05, 0.1) is 23.6 Å². The van der Waals surface area contributed by atoms with Crippen LogP contribution in [-0.4, -0.2) is 34.7 Å². The van der Waals surface area contributed by atoms with Crippen LogP contribution in [0.5, 0.6) is 11.5 Å². The number of nitrogens with two attached hydrogens (primary N) is 1. The van der Waals surface area contributed by atoms with E-state index in [0.29, 0.717) is 37.8 Å². The quantitative estimate of drug-likeness (QED) is 0.470. The molecule has 8 heteroatoms. The van der Waals surface area contributed by atoms with Crippen molar-refractivity contribution in [3.05, 3.63) is 54.1 Å². The molecule has 3 N–H and O–H groups in total. The van der Waals surface area contributed by atoms with Crippen molar-refractivity contribution in [1.29, 1.82) is 0 Å². The van der Waals surface area contributed by atoms with Crippen LogP contribution in [0.4, 0.5) is 4.39 Å². The highest BCUT2D eigenvalue weighted by Crippen LogP contribution is 2.27. The van der Waals surface area contributed by atoms with Crippen molar-refractivity contribution in [3.8, 4) is 11.5 Å². The van der Waals surface area contributed by atoms with Crippen LogP contribution in [0.1, 0.15) is 26.1 Å². The Morgan fingerprint density at radius 1 is 1.23 bits per heavy atom. The van der Waals surface area contributed by atoms with E-state index in [1.54, 1.807) is 19.1 Å². The van der Waals surface area contributed by atoms with E-state index in [9.17, 15) is 9.18 Å². The molecule has 0 spiro atoms. The lowest BCUT2D eigenvalue weighted by molar-refractivity contribution is -0.119. The van der Waals surface area contributed by atoms with Crippen LogP contribution in [0.25, 0.3) is 11.0 Å². The summed E-state index contributed by atoms with van der Waals surface area (Å²) in [5, 5.41) is 3.11. The van der Waals surface area contributed by atoms with Crippen LogP contribution in [-0.2, 0) is 22.6 Å². The van der Waals surface area contributed by atoms with Crippen LogP contribution in [0.3, 0.4) is 0 Å². The summed E-state index contributed by atoms with van der Waals surface area (Å²) in [7, 11) is 0. The first-order valence-electron chi connectivity index (χ1n) is 10.0. The summed E-state index contributed by atoms with van der Waals surface area (Å²) < 4.78 is 26.5. The van der Waals surface area contributed by atoms with Gasteiger partial charge in [0.2, 0.25) is 5.91 Å². The molecule has 30 heavy (non-hydrogen) atoms. The maximum Gasteiger partial charge on any atom is 0.234 e. The lowest BCUT2D eigenvalue weighted by Crippen LogP contribution is -2.38. The SMILES string of the molecule is CCOCCCn1c(CN[C@@H](C)C(N)=O)nc2ccc(Oc3ccc(F)cc3)cc21. The van der Waals surface area contributed by atoms with Gasteiger partial charge in [-0.3, -0.25) is 10.1 Å². The maximum atomic E-state index is 13.1. The van der Waals surface area contributed by atoms with Gasteiger partial charge < -0.3 is 19.8 Å². The van der Waals surface area contributed by atoms with E-state index in [1.807, 2.05) is 25.1 Å². The number of ether oxygens (including phenoxy) is 2. The molecule has 0 aliphatic heterocycles. The Hall–Kier alpha value is -2.97. The summed E-state index contributed by atoms with van der Waals surface area (Å²) in [6, 6.07) is 11.0. The van der Waals surface area contributed by atoms with Crippen molar-refractivity contribution >= 4 is 16.9 Å². The zero-order valence-electron chi connectivity index (χ0n) is 17.2. The highest BCUT2D eigenvalue weighted by atomic mass is 19.1. The van der Waals surface area contributed by atoms with E-state index in [0.717, 1.165) is 23.3 Å². The molecule has 3 aromatic rings. The molecule has 1 atom stereocenters. The first-order chi connectivity index (χ1) is 14.5. The van der Waals surface area contributed by atoms with Crippen molar-refractivity contribution in [3.63, 3.8) is 0 Å². The van der Waals surface area contributed by atoms with Crippen LogP contribution >= 0.6 is 0 Å². The number of aromatic nitrogens is 2. The Labute approximate surface area is 175 Å². The Balaban J connectivity index is 1.86. The lowest BCUT2D eigenvalue weighted by Gasteiger charge is -2.13. The molecule has 0 unspecified atom stereocenters. The summed E-state index contributed by atoms with van der Waals surface area (Å²) in [5.41, 5.74) is 7.08. The number of rotatable bonds is 11. The summed E-state index contributed by atoms with van der Waals surface area (Å²) in [6.07, 6.45) is 0.820. The molecule has 0 aliphatic rings. The number of nitrogens with zero attached hydrogens (tertiary/aromatic N) is 2. The minimum Gasteiger partial charge on any atom is -0.457 e. The second-order valence-corrected chi connectivity index (χ2v) is 6.94. The molecular weight excluding hydrogens is 387 g/mol. The minimum absolute atomic E-state index is 0.312. The van der Waals surface area contributed by atoms with E-state index in [2.05, 4.69) is 9.88 Å². The largest absolute Gasteiger partial charge is 0.457 e. The normalized spacial score (nSPS) is 12.2. The number of amides is 1. The van der Waals surface area contributed by atoms with E-state index >= 15 is 0 Å². The van der Waals surface area contributed by atoms with Crippen molar-refractivity contribution in [2.75, 3.05) is 13.2 Å². The predicted octanol–water partition coefficient (Wildman–Crippen LogP) is 3.36. The third kappa shape index (κ3) is 5.55. The number of aryl methyl sites for hydroxylation is 1. The Morgan fingerprint density at radius 3 is 2.67 bits per heavy atom. The maximum absolute atomic E-state index is 13.1. The van der Waals surface area contributed by atoms with E-state index in [4.69, 9.17) is 20.2 Å². The molecule has 0 saturated heterocycles.